The zero-order chi connectivity index (χ0) is 46.9. The monoisotopic (exact) mass is 1320 g/mol. The second kappa shape index (κ2) is 19.0. The van der Waals surface area contributed by atoms with Crippen LogP contribution < -0.4 is 50.9 Å². The first-order valence-corrected chi connectivity index (χ1v) is 25.1. The molecule has 9 saturated heterocycles. The summed E-state index contributed by atoms with van der Waals surface area (Å²) in [5, 5.41) is 69.9. The van der Waals surface area contributed by atoms with E-state index in [9.17, 15) is 60.7 Å². The molecule has 12 fully saturated rings. The van der Waals surface area contributed by atoms with Crippen molar-refractivity contribution in [3.05, 3.63) is 60.7 Å². The average Bonchev–Trinajstić information content (AvgIpc) is 3.85. The Labute approximate surface area is 441 Å². The number of alkyl halides is 3. The fraction of sp³-hybridized carbons (Fsp3) is 1.00. The molecule has 12 aliphatic rings. The SMILES string of the molecule is CC(C)CC[N+]12CC3([N+](=O)[O-])CC1C(Br)C([N+](=O)[O-])(C3)C2.CC(C)CC[N+]12CC3([N+](=O)[O-])CC1C(Br)C([N+](=O)[O-])(C3)C2.CC(C)CC[N+]12CC3([N+](=O)[O-])CC1C(Br)C([N+](=O)[O-])(C3)C2.[Br-].[Br-].[Br-]. The molecule has 0 amide bonds. The molecule has 15 unspecified atom stereocenters. The van der Waals surface area contributed by atoms with Crippen LogP contribution in [-0.4, -0.2) is 168 Å². The highest BCUT2D eigenvalue weighted by molar-refractivity contribution is 9.10. The predicted molar refractivity (Wildman–Crippen MR) is 239 cm³/mol. The van der Waals surface area contributed by atoms with E-state index in [2.05, 4.69) is 89.3 Å². The van der Waals surface area contributed by atoms with Crippen molar-refractivity contribution in [1.29, 1.82) is 0 Å². The zero-order valence-corrected chi connectivity index (χ0v) is 47.6. The number of quaternary nitrogens is 3. The number of halogens is 6. The largest absolute Gasteiger partial charge is 1.00 e. The van der Waals surface area contributed by atoms with Gasteiger partial charge in [0.15, 0.2) is 39.3 Å². The lowest BCUT2D eigenvalue weighted by atomic mass is 9.73. The summed E-state index contributed by atoms with van der Waals surface area (Å²) in [6, 6.07) is 0.0231. The van der Waals surface area contributed by atoms with Gasteiger partial charge in [0.05, 0.1) is 38.9 Å². The van der Waals surface area contributed by atoms with Crippen molar-refractivity contribution in [1.82, 2.24) is 0 Å². The van der Waals surface area contributed by atoms with Gasteiger partial charge in [0, 0.05) is 29.5 Å². The third-order valence-corrected chi connectivity index (χ3v) is 22.0. The lowest BCUT2D eigenvalue weighted by Crippen LogP contribution is -3.00. The maximum Gasteiger partial charge on any atom is 0.294 e. The van der Waals surface area contributed by atoms with Crippen LogP contribution in [0.25, 0.3) is 0 Å². The molecule has 0 aromatic carbocycles. The topological polar surface area (TPSA) is 259 Å². The second-order valence-corrected chi connectivity index (χ2v) is 25.9. The Kier molecular flexibility index (Phi) is 16.6. The summed E-state index contributed by atoms with van der Waals surface area (Å²) in [5.41, 5.74) is -6.74. The fourth-order valence-corrected chi connectivity index (χ4v) is 18.5. The van der Waals surface area contributed by atoms with Crippen molar-refractivity contribution in [3.63, 3.8) is 0 Å². The first kappa shape index (κ1) is 57.7. The number of hydrogen-bond donors (Lipinski definition) is 0. The van der Waals surface area contributed by atoms with E-state index in [0.29, 0.717) is 89.7 Å². The second-order valence-electron chi connectivity index (χ2n) is 22.9. The molecule has 66 heavy (non-hydrogen) atoms. The average molecular weight is 1330 g/mol. The van der Waals surface area contributed by atoms with E-state index in [0.717, 1.165) is 38.9 Å². The Hall–Kier alpha value is -0.840. The molecule has 0 aromatic heterocycles. The minimum absolute atomic E-state index is 0. The number of nitro groups is 6. The van der Waals surface area contributed by atoms with Gasteiger partial charge in [-0.3, -0.25) is 60.7 Å². The minimum atomic E-state index is -1.16. The first-order chi connectivity index (χ1) is 29.0. The summed E-state index contributed by atoms with van der Waals surface area (Å²) >= 11 is 10.6. The molecule has 0 radical (unpaired) electrons. The van der Waals surface area contributed by atoms with Crippen molar-refractivity contribution in [2.45, 2.75) is 165 Å². The highest BCUT2D eigenvalue weighted by Gasteiger charge is 2.87. The lowest BCUT2D eigenvalue weighted by Gasteiger charge is -2.38. The maximum absolute atomic E-state index is 11.7. The molecule has 21 nitrogen and oxygen atoms in total. The maximum atomic E-state index is 11.7. The molecule has 3 saturated carbocycles. The van der Waals surface area contributed by atoms with E-state index in [1.807, 2.05) is 0 Å². The van der Waals surface area contributed by atoms with Crippen LogP contribution in [0.2, 0.25) is 0 Å². The van der Waals surface area contributed by atoms with Crippen molar-refractivity contribution < 1.29 is 93.9 Å². The molecule has 27 heteroatoms. The van der Waals surface area contributed by atoms with E-state index in [-0.39, 0.29) is 132 Å². The zero-order valence-electron chi connectivity index (χ0n) is 38.1. The Morgan fingerprint density at radius 2 is 0.636 bits per heavy atom. The van der Waals surface area contributed by atoms with E-state index in [4.69, 9.17) is 0 Å². The van der Waals surface area contributed by atoms with Gasteiger partial charge in [0.25, 0.3) is 33.2 Å². The van der Waals surface area contributed by atoms with Crippen LogP contribution >= 0.6 is 47.8 Å². The number of rotatable bonds is 15. The number of hydrogen-bond acceptors (Lipinski definition) is 12. The van der Waals surface area contributed by atoms with Crippen molar-refractivity contribution in [2.24, 2.45) is 17.8 Å². The van der Waals surface area contributed by atoms with Gasteiger partial charge in [0.2, 0.25) is 0 Å². The smallest absolute Gasteiger partial charge is 0.294 e. The first-order valence-electron chi connectivity index (χ1n) is 22.4. The standard InChI is InChI=1S/3C13H21BrN3O4.3BrH/c3*1-9(2)3-4-17-7-12(15(18)19)5-10(17)11(14)13(6-12,8-17)16(20)21;;;/h3*9-11H,3-8H2,1-2H3;3*1H/q3*+1;;;/p-3. The summed E-state index contributed by atoms with van der Waals surface area (Å²) in [6.45, 7) is 17.9. The van der Waals surface area contributed by atoms with Crippen LogP contribution in [0.1, 0.15) is 99.3 Å². The van der Waals surface area contributed by atoms with Gasteiger partial charge in [0.1, 0.15) is 51.9 Å². The number of nitrogens with zero attached hydrogens (tertiary/aromatic N) is 9. The molecule has 9 aliphatic heterocycles. The molecule has 3 aliphatic carbocycles. The Morgan fingerprint density at radius 1 is 0.424 bits per heavy atom. The van der Waals surface area contributed by atoms with Crippen LogP contribution in [0.5, 0.6) is 0 Å². The highest BCUT2D eigenvalue weighted by atomic mass is 79.9. The van der Waals surface area contributed by atoms with Crippen LogP contribution in [0.3, 0.4) is 0 Å². The van der Waals surface area contributed by atoms with Crippen molar-refractivity contribution in [3.8, 4) is 0 Å². The molecule has 0 aromatic rings. The van der Waals surface area contributed by atoms with Crippen LogP contribution in [0.15, 0.2) is 0 Å². The third-order valence-electron chi connectivity index (χ3n) is 17.6. The Morgan fingerprint density at radius 3 is 0.803 bits per heavy atom. The molecule has 12 bridgehead atoms. The van der Waals surface area contributed by atoms with Crippen LogP contribution in [0.4, 0.5) is 0 Å². The van der Waals surface area contributed by atoms with E-state index in [1.54, 1.807) is 0 Å². The normalized spacial score (nSPS) is 45.1. The van der Waals surface area contributed by atoms with Gasteiger partial charge in [-0.1, -0.05) is 89.3 Å². The Balaban J connectivity index is 0.000000212. The molecule has 378 valence electrons. The molecule has 0 spiro atoms. The van der Waals surface area contributed by atoms with E-state index in [1.165, 1.54) is 0 Å². The third kappa shape index (κ3) is 8.43. The fourth-order valence-electron chi connectivity index (χ4n) is 15.0. The summed E-state index contributed by atoms with van der Waals surface area (Å²) < 4.78 is 1.70. The van der Waals surface area contributed by atoms with Gasteiger partial charge in [-0.05, 0) is 37.0 Å². The van der Waals surface area contributed by atoms with Crippen LogP contribution in [-0.2, 0) is 0 Å². The molecule has 15 atom stereocenters. The van der Waals surface area contributed by atoms with Crippen molar-refractivity contribution >= 4 is 47.8 Å². The molecular weight excluding hydrogens is 1270 g/mol. The highest BCUT2D eigenvalue weighted by Crippen LogP contribution is 2.62. The van der Waals surface area contributed by atoms with Gasteiger partial charge in [-0.15, -0.1) is 0 Å². The van der Waals surface area contributed by atoms with E-state index >= 15 is 0 Å². The predicted octanol–water partition coefficient (Wildman–Crippen LogP) is -3.49. The Bertz CT molecular complexity index is 1770. The molecule has 12 rings (SSSR count). The van der Waals surface area contributed by atoms with Gasteiger partial charge >= 0.3 is 0 Å². The summed E-state index contributed by atoms with van der Waals surface area (Å²) in [6.07, 6.45) is 4.53. The molecular formula is C39H63Br6N9O12. The summed E-state index contributed by atoms with van der Waals surface area (Å²) in [4.78, 5) is 67.8. The van der Waals surface area contributed by atoms with Gasteiger partial charge in [-0.25, -0.2) is 0 Å². The van der Waals surface area contributed by atoms with Gasteiger partial charge < -0.3 is 64.4 Å². The summed E-state index contributed by atoms with van der Waals surface area (Å²) in [5.74, 6) is 1.51. The quantitative estimate of drug-likeness (QED) is 0.0671. The molecule has 0 N–H and O–H groups in total. The van der Waals surface area contributed by atoms with E-state index < -0.39 is 33.2 Å². The molecule has 9 heterocycles. The van der Waals surface area contributed by atoms with Crippen molar-refractivity contribution in [2.75, 3.05) is 58.9 Å². The minimum Gasteiger partial charge on any atom is -1.00 e. The summed E-state index contributed by atoms with van der Waals surface area (Å²) in [7, 11) is 0. The van der Waals surface area contributed by atoms with Crippen LogP contribution in [0, 0.1) is 78.4 Å². The van der Waals surface area contributed by atoms with Gasteiger partial charge in [-0.2, -0.15) is 0 Å². The number of piperidine rings is 3. The lowest BCUT2D eigenvalue weighted by molar-refractivity contribution is -0.945.